The number of nitrogens with one attached hydrogen (secondary N) is 1. The Labute approximate surface area is 131 Å². The number of aromatic nitrogens is 2. The Morgan fingerprint density at radius 3 is 2.78 bits per heavy atom. The van der Waals surface area contributed by atoms with Crippen LogP contribution in [0.2, 0.25) is 0 Å². The molecule has 0 saturated heterocycles. The van der Waals surface area contributed by atoms with E-state index in [0.29, 0.717) is 5.75 Å². The third-order valence-corrected chi connectivity index (χ3v) is 3.43. The maximum Gasteiger partial charge on any atom is 0.379 e. The first-order valence-electron chi connectivity index (χ1n) is 7.10. The van der Waals surface area contributed by atoms with E-state index in [1.165, 1.54) is 6.26 Å². The van der Waals surface area contributed by atoms with Gasteiger partial charge in [-0.05, 0) is 36.4 Å². The van der Waals surface area contributed by atoms with Crippen LogP contribution in [0.1, 0.15) is 10.6 Å². The van der Waals surface area contributed by atoms with Gasteiger partial charge in [0, 0.05) is 5.56 Å². The average molecular weight is 304 g/mol. The average Bonchev–Trinajstić information content (AvgIpc) is 3.24. The van der Waals surface area contributed by atoms with Crippen molar-refractivity contribution in [1.29, 1.82) is 0 Å². The third kappa shape index (κ3) is 2.60. The molecule has 4 rings (SSSR count). The SMILES string of the molecule is O=C(Oc1cccc(-c2nc3ccccc3[nH]2)c1)c1ccco1. The number of carbonyl (C=O) groups excluding carboxylic acids is 1. The third-order valence-electron chi connectivity index (χ3n) is 3.43. The molecule has 2 heterocycles. The Bertz CT molecular complexity index is 938. The van der Waals surface area contributed by atoms with Crippen LogP contribution in [-0.4, -0.2) is 15.9 Å². The van der Waals surface area contributed by atoms with Crippen molar-refractivity contribution >= 4 is 17.0 Å². The monoisotopic (exact) mass is 304 g/mol. The first-order valence-corrected chi connectivity index (χ1v) is 7.10. The van der Waals surface area contributed by atoms with E-state index in [4.69, 9.17) is 9.15 Å². The van der Waals surface area contributed by atoms with Crippen molar-refractivity contribution in [3.05, 3.63) is 72.7 Å². The number of ether oxygens (including phenoxy) is 1. The van der Waals surface area contributed by atoms with E-state index in [-0.39, 0.29) is 5.76 Å². The van der Waals surface area contributed by atoms with Crippen LogP contribution in [0.5, 0.6) is 5.75 Å². The molecular weight excluding hydrogens is 292 g/mol. The lowest BCUT2D eigenvalue weighted by Gasteiger charge is -2.04. The number of hydrogen-bond acceptors (Lipinski definition) is 4. The number of benzene rings is 2. The second kappa shape index (κ2) is 5.46. The molecule has 2 aromatic heterocycles. The Balaban J connectivity index is 1.64. The number of aromatic amines is 1. The largest absolute Gasteiger partial charge is 0.457 e. The molecule has 5 heteroatoms. The molecule has 0 atom stereocenters. The fourth-order valence-electron chi connectivity index (χ4n) is 2.35. The molecule has 2 aromatic carbocycles. The van der Waals surface area contributed by atoms with Crippen LogP contribution in [0.3, 0.4) is 0 Å². The molecule has 0 fully saturated rings. The number of carbonyl (C=O) groups is 1. The van der Waals surface area contributed by atoms with Crippen molar-refractivity contribution < 1.29 is 13.9 Å². The Morgan fingerprint density at radius 1 is 1.04 bits per heavy atom. The van der Waals surface area contributed by atoms with E-state index in [1.807, 2.05) is 36.4 Å². The van der Waals surface area contributed by atoms with E-state index in [1.54, 1.807) is 24.3 Å². The fraction of sp³-hybridized carbons (Fsp3) is 0. The highest BCUT2D eigenvalue weighted by Gasteiger charge is 2.12. The van der Waals surface area contributed by atoms with Gasteiger partial charge in [-0.3, -0.25) is 0 Å². The summed E-state index contributed by atoms with van der Waals surface area (Å²) in [4.78, 5) is 19.7. The molecule has 0 saturated carbocycles. The van der Waals surface area contributed by atoms with Gasteiger partial charge in [0.1, 0.15) is 11.6 Å². The fourth-order valence-corrected chi connectivity index (χ4v) is 2.35. The number of hydrogen-bond donors (Lipinski definition) is 1. The second-order valence-electron chi connectivity index (χ2n) is 5.00. The standard InChI is InChI=1S/C18H12N2O3/c21-18(16-9-4-10-22-16)23-13-6-3-5-12(11-13)17-19-14-7-1-2-8-15(14)20-17/h1-11H,(H,19,20). The molecule has 5 nitrogen and oxygen atoms in total. The molecule has 112 valence electrons. The van der Waals surface area contributed by atoms with Gasteiger partial charge in [-0.15, -0.1) is 0 Å². The van der Waals surface area contributed by atoms with E-state index in [2.05, 4.69) is 9.97 Å². The Hall–Kier alpha value is -3.34. The van der Waals surface area contributed by atoms with Crippen LogP contribution in [0.15, 0.2) is 71.3 Å². The topological polar surface area (TPSA) is 68.1 Å². The number of fused-ring (bicyclic) bond motifs is 1. The first-order chi connectivity index (χ1) is 11.3. The summed E-state index contributed by atoms with van der Waals surface area (Å²) in [6.45, 7) is 0. The highest BCUT2D eigenvalue weighted by Crippen LogP contribution is 2.24. The van der Waals surface area contributed by atoms with E-state index in [0.717, 1.165) is 22.4 Å². The van der Waals surface area contributed by atoms with Crippen LogP contribution in [-0.2, 0) is 0 Å². The molecule has 0 spiro atoms. The van der Waals surface area contributed by atoms with Gasteiger partial charge < -0.3 is 14.1 Å². The zero-order valence-electron chi connectivity index (χ0n) is 12.0. The van der Waals surface area contributed by atoms with Gasteiger partial charge in [-0.2, -0.15) is 0 Å². The highest BCUT2D eigenvalue weighted by atomic mass is 16.5. The minimum atomic E-state index is -0.531. The van der Waals surface area contributed by atoms with Crippen molar-refractivity contribution in [2.45, 2.75) is 0 Å². The lowest BCUT2D eigenvalue weighted by atomic mass is 10.2. The van der Waals surface area contributed by atoms with E-state index in [9.17, 15) is 4.79 Å². The van der Waals surface area contributed by atoms with Crippen molar-refractivity contribution in [2.24, 2.45) is 0 Å². The molecule has 0 amide bonds. The van der Waals surface area contributed by atoms with Gasteiger partial charge in [0.15, 0.2) is 0 Å². The number of furan rings is 1. The van der Waals surface area contributed by atoms with Crippen LogP contribution >= 0.6 is 0 Å². The van der Waals surface area contributed by atoms with E-state index >= 15 is 0 Å². The van der Waals surface area contributed by atoms with Crippen LogP contribution in [0.4, 0.5) is 0 Å². The zero-order valence-corrected chi connectivity index (χ0v) is 12.0. The summed E-state index contributed by atoms with van der Waals surface area (Å²) in [6.07, 6.45) is 1.43. The molecule has 0 aliphatic carbocycles. The molecule has 0 aliphatic rings. The van der Waals surface area contributed by atoms with Crippen molar-refractivity contribution in [1.82, 2.24) is 9.97 Å². The molecule has 0 bridgehead atoms. The Morgan fingerprint density at radius 2 is 1.96 bits per heavy atom. The van der Waals surface area contributed by atoms with Crippen LogP contribution in [0, 0.1) is 0 Å². The van der Waals surface area contributed by atoms with Crippen molar-refractivity contribution in [3.8, 4) is 17.1 Å². The Kier molecular flexibility index (Phi) is 3.16. The maximum atomic E-state index is 11.9. The number of para-hydroxylation sites is 2. The van der Waals surface area contributed by atoms with Crippen molar-refractivity contribution in [3.63, 3.8) is 0 Å². The summed E-state index contributed by atoms with van der Waals surface area (Å²) in [5.41, 5.74) is 2.69. The molecular formula is C18H12N2O3. The van der Waals surface area contributed by atoms with Gasteiger partial charge >= 0.3 is 5.97 Å². The number of H-pyrrole nitrogens is 1. The van der Waals surface area contributed by atoms with Gasteiger partial charge in [0.2, 0.25) is 5.76 Å². The lowest BCUT2D eigenvalue weighted by molar-refractivity contribution is 0.0701. The number of esters is 1. The van der Waals surface area contributed by atoms with E-state index < -0.39 is 5.97 Å². The quantitative estimate of drug-likeness (QED) is 0.458. The smallest absolute Gasteiger partial charge is 0.379 e. The number of rotatable bonds is 3. The van der Waals surface area contributed by atoms with Gasteiger partial charge in [-0.1, -0.05) is 24.3 Å². The molecule has 0 unspecified atom stereocenters. The normalized spacial score (nSPS) is 10.8. The van der Waals surface area contributed by atoms with Crippen LogP contribution in [0.25, 0.3) is 22.4 Å². The summed E-state index contributed by atoms with van der Waals surface area (Å²) in [5.74, 6) is 0.794. The summed E-state index contributed by atoms with van der Waals surface area (Å²) in [5, 5.41) is 0. The van der Waals surface area contributed by atoms with Crippen LogP contribution < -0.4 is 4.74 Å². The summed E-state index contributed by atoms with van der Waals surface area (Å²) in [6, 6.07) is 18.2. The first kappa shape index (κ1) is 13.3. The molecule has 0 radical (unpaired) electrons. The second-order valence-corrected chi connectivity index (χ2v) is 5.00. The maximum absolute atomic E-state index is 11.9. The number of imidazole rings is 1. The molecule has 23 heavy (non-hydrogen) atoms. The number of nitrogens with zero attached hydrogens (tertiary/aromatic N) is 1. The predicted molar refractivity (Wildman–Crippen MR) is 85.2 cm³/mol. The summed E-state index contributed by atoms with van der Waals surface area (Å²) < 4.78 is 10.3. The molecule has 4 aromatic rings. The highest BCUT2D eigenvalue weighted by molar-refractivity contribution is 5.88. The van der Waals surface area contributed by atoms with Gasteiger partial charge in [0.25, 0.3) is 0 Å². The lowest BCUT2D eigenvalue weighted by Crippen LogP contribution is -2.07. The minimum absolute atomic E-state index is 0.166. The predicted octanol–water partition coefficient (Wildman–Crippen LogP) is 4.04. The molecule has 1 N–H and O–H groups in total. The molecule has 0 aliphatic heterocycles. The van der Waals surface area contributed by atoms with Gasteiger partial charge in [-0.25, -0.2) is 9.78 Å². The minimum Gasteiger partial charge on any atom is -0.457 e. The summed E-state index contributed by atoms with van der Waals surface area (Å²) >= 11 is 0. The van der Waals surface area contributed by atoms with Gasteiger partial charge in [0.05, 0.1) is 17.3 Å². The van der Waals surface area contributed by atoms with Crippen molar-refractivity contribution in [2.75, 3.05) is 0 Å². The zero-order chi connectivity index (χ0) is 15.6. The summed E-state index contributed by atoms with van der Waals surface area (Å²) in [7, 11) is 0.